The molecule has 4 heteroatoms. The molecule has 2 saturated heterocycles. The van der Waals surface area contributed by atoms with E-state index in [0.717, 1.165) is 17.6 Å². The average molecular weight is 312 g/mol. The third-order valence-corrected chi connectivity index (χ3v) is 6.50. The molecule has 22 heavy (non-hydrogen) atoms. The maximum absolute atomic E-state index is 12.2. The minimum atomic E-state index is -0.0122. The van der Waals surface area contributed by atoms with Gasteiger partial charge in [-0.05, 0) is 39.5 Å². The maximum atomic E-state index is 12.2. The van der Waals surface area contributed by atoms with Gasteiger partial charge in [-0.25, -0.2) is 4.79 Å². The SMILES string of the molecule is CC[N+](C)(CC)CC(=O)OC[C@@H]1CCC[N+]2(C)CCCC[C@@H]12. The second kappa shape index (κ2) is 7.31. The van der Waals surface area contributed by atoms with E-state index in [1.54, 1.807) is 0 Å². The van der Waals surface area contributed by atoms with Crippen LogP contribution in [0.25, 0.3) is 0 Å². The molecule has 0 saturated carbocycles. The summed E-state index contributed by atoms with van der Waals surface area (Å²) >= 11 is 0. The number of piperidine rings is 2. The van der Waals surface area contributed by atoms with Crippen LogP contribution in [0.3, 0.4) is 0 Å². The number of fused-ring (bicyclic) bond motifs is 1. The first-order valence-corrected chi connectivity index (χ1v) is 9.26. The summed E-state index contributed by atoms with van der Waals surface area (Å²) in [5, 5.41) is 0. The Labute approximate surface area is 136 Å². The first-order chi connectivity index (χ1) is 10.4. The number of ether oxygens (including phenoxy) is 1. The standard InChI is InChI=1S/C18H36N2O2/c1-5-19(3,6-2)14-18(21)22-15-16-10-9-13-20(4)12-8-7-11-17(16)20/h16-17H,5-15H2,1-4H3/q+2/t16-,17-,20?/m0/s1. The molecule has 0 bridgehead atoms. The average Bonchev–Trinajstić information content (AvgIpc) is 2.52. The summed E-state index contributed by atoms with van der Waals surface area (Å²) in [6.07, 6.45) is 6.55. The minimum Gasteiger partial charge on any atom is -0.461 e. The summed E-state index contributed by atoms with van der Waals surface area (Å²) in [6, 6.07) is 0.716. The molecule has 0 aromatic heterocycles. The molecular weight excluding hydrogens is 276 g/mol. The van der Waals surface area contributed by atoms with E-state index >= 15 is 0 Å². The molecule has 0 spiro atoms. The lowest BCUT2D eigenvalue weighted by Crippen LogP contribution is -2.61. The lowest BCUT2D eigenvalue weighted by atomic mass is 9.82. The van der Waals surface area contributed by atoms with Crippen molar-refractivity contribution in [2.45, 2.75) is 52.0 Å². The zero-order chi connectivity index (χ0) is 16.2. The first kappa shape index (κ1) is 17.7. The molecule has 2 aliphatic heterocycles. The highest BCUT2D eigenvalue weighted by Gasteiger charge is 2.44. The predicted molar refractivity (Wildman–Crippen MR) is 89.4 cm³/mol. The topological polar surface area (TPSA) is 26.3 Å². The zero-order valence-corrected chi connectivity index (χ0v) is 15.1. The van der Waals surface area contributed by atoms with Crippen LogP contribution in [0.1, 0.15) is 46.0 Å². The number of likely N-dealkylation sites (N-methyl/N-ethyl adjacent to an activating group) is 1. The number of hydrogen-bond donors (Lipinski definition) is 0. The van der Waals surface area contributed by atoms with Crippen LogP contribution in [0.15, 0.2) is 0 Å². The van der Waals surface area contributed by atoms with Gasteiger partial charge in [-0.2, -0.15) is 0 Å². The summed E-state index contributed by atoms with van der Waals surface area (Å²) in [4.78, 5) is 12.2. The highest BCUT2D eigenvalue weighted by Crippen LogP contribution is 2.36. The van der Waals surface area contributed by atoms with Crippen molar-refractivity contribution in [2.75, 3.05) is 53.4 Å². The molecule has 1 unspecified atom stereocenters. The fraction of sp³-hybridized carbons (Fsp3) is 0.944. The molecular formula is C18H36N2O2+2. The summed E-state index contributed by atoms with van der Waals surface area (Å²) in [5.74, 6) is 0.562. The van der Waals surface area contributed by atoms with E-state index in [1.807, 2.05) is 0 Å². The van der Waals surface area contributed by atoms with Crippen LogP contribution in [0.5, 0.6) is 0 Å². The van der Waals surface area contributed by atoms with Crippen LogP contribution in [0.4, 0.5) is 0 Å². The van der Waals surface area contributed by atoms with Crippen molar-refractivity contribution in [1.29, 1.82) is 0 Å². The number of hydrogen-bond acceptors (Lipinski definition) is 2. The Morgan fingerprint density at radius 1 is 1.14 bits per heavy atom. The van der Waals surface area contributed by atoms with Crippen molar-refractivity contribution >= 4 is 5.97 Å². The van der Waals surface area contributed by atoms with E-state index < -0.39 is 0 Å². The highest BCUT2D eigenvalue weighted by molar-refractivity contribution is 5.70. The van der Waals surface area contributed by atoms with Crippen LogP contribution in [-0.2, 0) is 9.53 Å². The van der Waals surface area contributed by atoms with Crippen molar-refractivity contribution in [1.82, 2.24) is 0 Å². The van der Waals surface area contributed by atoms with E-state index in [1.165, 1.54) is 49.7 Å². The van der Waals surface area contributed by atoms with E-state index in [0.29, 0.717) is 25.1 Å². The third kappa shape index (κ3) is 4.02. The van der Waals surface area contributed by atoms with E-state index in [2.05, 4.69) is 27.9 Å². The Morgan fingerprint density at radius 3 is 2.50 bits per heavy atom. The molecule has 2 fully saturated rings. The zero-order valence-electron chi connectivity index (χ0n) is 15.1. The van der Waals surface area contributed by atoms with Gasteiger partial charge in [0.05, 0.1) is 52.9 Å². The Bertz CT molecular complexity index is 377. The lowest BCUT2D eigenvalue weighted by Gasteiger charge is -2.51. The smallest absolute Gasteiger partial charge is 0.361 e. The molecule has 0 aromatic rings. The summed E-state index contributed by atoms with van der Waals surface area (Å²) < 4.78 is 7.71. The van der Waals surface area contributed by atoms with Crippen molar-refractivity contribution in [2.24, 2.45) is 5.92 Å². The molecule has 128 valence electrons. The molecule has 0 radical (unpaired) electrons. The molecule has 0 amide bonds. The number of quaternary nitrogens is 2. The number of esters is 1. The summed E-state index contributed by atoms with van der Waals surface area (Å²) in [5.41, 5.74) is 0. The lowest BCUT2D eigenvalue weighted by molar-refractivity contribution is -0.947. The van der Waals surface area contributed by atoms with Gasteiger partial charge in [0.15, 0.2) is 6.54 Å². The van der Waals surface area contributed by atoms with Crippen molar-refractivity contribution in [3.8, 4) is 0 Å². The Morgan fingerprint density at radius 2 is 1.82 bits per heavy atom. The molecule has 3 atom stereocenters. The van der Waals surface area contributed by atoms with Gasteiger partial charge in [-0.15, -0.1) is 0 Å². The van der Waals surface area contributed by atoms with Crippen LogP contribution >= 0.6 is 0 Å². The summed E-state index contributed by atoms with van der Waals surface area (Å²) in [7, 11) is 4.55. The molecule has 0 aliphatic carbocycles. The predicted octanol–water partition coefficient (Wildman–Crippen LogP) is 2.43. The Hall–Kier alpha value is -0.610. The minimum absolute atomic E-state index is 0.0122. The van der Waals surface area contributed by atoms with Gasteiger partial charge in [-0.3, -0.25) is 0 Å². The van der Waals surface area contributed by atoms with Gasteiger partial charge < -0.3 is 13.7 Å². The fourth-order valence-corrected chi connectivity index (χ4v) is 4.43. The molecule has 2 rings (SSSR count). The van der Waals surface area contributed by atoms with Gasteiger partial charge in [-0.1, -0.05) is 0 Å². The van der Waals surface area contributed by atoms with Crippen LogP contribution in [-0.4, -0.2) is 74.4 Å². The monoisotopic (exact) mass is 312 g/mol. The second-order valence-corrected chi connectivity index (χ2v) is 7.99. The molecule has 2 aliphatic rings. The normalized spacial score (nSPS) is 32.4. The van der Waals surface area contributed by atoms with Crippen molar-refractivity contribution < 1.29 is 18.5 Å². The second-order valence-electron chi connectivity index (χ2n) is 7.99. The van der Waals surface area contributed by atoms with Crippen LogP contribution in [0, 0.1) is 5.92 Å². The van der Waals surface area contributed by atoms with Crippen molar-refractivity contribution in [3.05, 3.63) is 0 Å². The first-order valence-electron chi connectivity index (χ1n) is 9.26. The van der Waals surface area contributed by atoms with Gasteiger partial charge in [0.1, 0.15) is 0 Å². The molecule has 2 heterocycles. The van der Waals surface area contributed by atoms with Gasteiger partial charge in [0.2, 0.25) is 0 Å². The summed E-state index contributed by atoms with van der Waals surface area (Å²) in [6.45, 7) is 10.0. The van der Waals surface area contributed by atoms with E-state index in [9.17, 15) is 4.79 Å². The quantitative estimate of drug-likeness (QED) is 0.556. The third-order valence-electron chi connectivity index (χ3n) is 6.50. The Kier molecular flexibility index (Phi) is 5.89. The number of carbonyl (C=O) groups excluding carboxylic acids is 1. The fourth-order valence-electron chi connectivity index (χ4n) is 4.43. The van der Waals surface area contributed by atoms with Crippen LogP contribution in [0.2, 0.25) is 0 Å². The van der Waals surface area contributed by atoms with Crippen LogP contribution < -0.4 is 0 Å². The molecule has 4 nitrogen and oxygen atoms in total. The van der Waals surface area contributed by atoms with Gasteiger partial charge in [0.25, 0.3) is 0 Å². The number of nitrogens with zero attached hydrogens (tertiary/aromatic N) is 2. The largest absolute Gasteiger partial charge is 0.461 e. The molecule has 0 N–H and O–H groups in total. The van der Waals surface area contributed by atoms with Gasteiger partial charge in [0, 0.05) is 12.3 Å². The number of carbonyl (C=O) groups is 1. The Balaban J connectivity index is 1.86. The molecule has 0 aromatic carbocycles. The highest BCUT2D eigenvalue weighted by atomic mass is 16.5. The van der Waals surface area contributed by atoms with E-state index in [-0.39, 0.29) is 5.97 Å². The van der Waals surface area contributed by atoms with Gasteiger partial charge >= 0.3 is 5.97 Å². The van der Waals surface area contributed by atoms with E-state index in [4.69, 9.17) is 4.74 Å². The maximum Gasteiger partial charge on any atom is 0.361 e. The van der Waals surface area contributed by atoms with Crippen molar-refractivity contribution in [3.63, 3.8) is 0 Å². The number of rotatable bonds is 6.